The Balaban J connectivity index is 1.07. The van der Waals surface area contributed by atoms with E-state index in [4.69, 9.17) is 67.9 Å². The number of hydrogen-bond acceptors (Lipinski definition) is 21. The van der Waals surface area contributed by atoms with E-state index in [1.54, 1.807) is 121 Å². The molecule has 1 amide bonds. The first-order chi connectivity index (χ1) is 36.1. The van der Waals surface area contributed by atoms with Gasteiger partial charge < -0.3 is 5.32 Å². The number of amides is 1. The van der Waals surface area contributed by atoms with Gasteiger partial charge in [0, 0.05) is 6.92 Å². The lowest BCUT2D eigenvalue weighted by atomic mass is 9.83. The van der Waals surface area contributed by atoms with Gasteiger partial charge in [0.1, 0.15) is 30.5 Å². The number of nitrogens with one attached hydrogen (secondary N) is 1. The van der Waals surface area contributed by atoms with Gasteiger partial charge in [-0.05, 0) is 55.6 Å². The van der Waals surface area contributed by atoms with Gasteiger partial charge >= 0.3 is 39.1 Å². The highest BCUT2D eigenvalue weighted by atomic mass is 31.2. The van der Waals surface area contributed by atoms with Gasteiger partial charge in [0.15, 0.2) is 0 Å². The third kappa shape index (κ3) is 12.1. The predicted molar refractivity (Wildman–Crippen MR) is 260 cm³/mol. The van der Waals surface area contributed by atoms with Crippen LogP contribution in [0.15, 0.2) is 121 Å². The lowest BCUT2D eigenvalue weighted by Gasteiger charge is -2.50. The molecule has 1 aliphatic carbocycles. The van der Waals surface area contributed by atoms with Crippen molar-refractivity contribution in [3.8, 4) is 0 Å². The van der Waals surface area contributed by atoms with Gasteiger partial charge in [-0.15, -0.1) is 0 Å². The van der Waals surface area contributed by atoms with E-state index in [1.807, 2.05) is 0 Å². The largest absolute Gasteiger partial charge is 0.475 e. The van der Waals surface area contributed by atoms with Gasteiger partial charge in [-0.1, -0.05) is 121 Å². The molecule has 0 spiro atoms. The van der Waals surface area contributed by atoms with E-state index in [0.717, 1.165) is 6.92 Å². The third-order valence-corrected chi connectivity index (χ3v) is 20.0. The average Bonchev–Trinajstić information content (AvgIpc) is 3.91. The Morgan fingerprint density at radius 1 is 0.333 bits per heavy atom. The molecule has 22 nitrogen and oxygen atoms in total. The summed E-state index contributed by atoms with van der Waals surface area (Å²) in [4.78, 5) is 13.7. The maximum Gasteiger partial charge on any atom is 0.475 e. The van der Waals surface area contributed by atoms with E-state index in [9.17, 15) is 4.79 Å². The van der Waals surface area contributed by atoms with E-state index >= 15 is 22.8 Å². The van der Waals surface area contributed by atoms with Crippen molar-refractivity contribution in [3.05, 3.63) is 177 Å². The number of carbonyl (C=O) groups excluding carboxylic acids is 1. The molecule has 0 aromatic heterocycles. The molecule has 1 N–H and O–H groups in total. The Morgan fingerprint density at radius 3 is 0.667 bits per heavy atom. The van der Waals surface area contributed by atoms with Crippen molar-refractivity contribution in [2.24, 2.45) is 0 Å². The third-order valence-electron chi connectivity index (χ3n) is 13.0. The summed E-state index contributed by atoms with van der Waals surface area (Å²) in [6, 6.07) is 32.7. The van der Waals surface area contributed by atoms with Crippen LogP contribution in [0, 0.1) is 0 Å². The smallest absolute Gasteiger partial charge is 0.348 e. The molecule has 5 heterocycles. The Labute approximate surface area is 430 Å². The number of rotatable bonds is 11. The first-order valence-corrected chi connectivity index (χ1v) is 30.9. The first-order valence-electron chi connectivity index (χ1n) is 23.6. The summed E-state index contributed by atoms with van der Waals surface area (Å²) in [5, 5.41) is 2.69. The summed E-state index contributed by atoms with van der Waals surface area (Å²) >= 11 is 0. The molecule has 1 saturated carbocycles. The number of benzene rings is 5. The van der Waals surface area contributed by atoms with Crippen LogP contribution in [0.1, 0.15) is 62.6 Å². The maximum atomic E-state index is 15.4. The lowest BCUT2D eigenvalue weighted by Crippen LogP contribution is -2.70. The van der Waals surface area contributed by atoms with Gasteiger partial charge in [-0.3, -0.25) is 72.7 Å². The van der Waals surface area contributed by atoms with Crippen molar-refractivity contribution in [2.75, 3.05) is 0 Å². The molecule has 0 saturated heterocycles. The van der Waals surface area contributed by atoms with Crippen molar-refractivity contribution in [1.29, 1.82) is 0 Å². The minimum atomic E-state index is -5.02. The Hall–Kier alpha value is -3.88. The second-order valence-electron chi connectivity index (χ2n) is 17.9. The number of phosphoric ester groups is 5. The minimum Gasteiger partial charge on any atom is -0.348 e. The van der Waals surface area contributed by atoms with Crippen LogP contribution in [0.3, 0.4) is 0 Å². The summed E-state index contributed by atoms with van der Waals surface area (Å²) in [6.07, 6.45) is -10.9. The number of carbonyl (C=O) groups is 1. The standard InChI is InChI=1S/C48H50NO21P5/c1-32(50)49-43-44(66-71(51)56-22-33-12-2-3-13-34(33)23-57-71)46(68-73(53)60-26-37-16-6-7-17-38(37)27-61-73)48(70-75(55)64-30-41-20-10-11-21-42(41)31-65-75)47(69-74(54)62-28-39-18-8-9-19-40(39)29-63-74)45(43)67-72(52)58-24-35-14-4-5-15-36(35)25-59-72/h2-21,43-48H,22-31H2,1H3,(H,49,50)/t43?,44-,45-,46-,47+,48?/m1/s1. The maximum absolute atomic E-state index is 15.4. The number of fused-ring (bicyclic) bond motifs is 5. The van der Waals surface area contributed by atoms with Crippen LogP contribution in [0.5, 0.6) is 0 Å². The molecule has 398 valence electrons. The molecule has 11 rings (SSSR count). The first kappa shape index (κ1) is 53.1. The fraction of sp³-hybridized carbons (Fsp3) is 0.354. The molecule has 6 atom stereocenters. The average molecular weight is 1130 g/mol. The molecule has 6 aliphatic rings. The van der Waals surface area contributed by atoms with Gasteiger partial charge in [-0.25, -0.2) is 22.8 Å². The number of phosphoric acid groups is 5. The van der Waals surface area contributed by atoms with Crippen molar-refractivity contribution < 1.29 is 95.5 Å². The summed E-state index contributed by atoms with van der Waals surface area (Å²) in [6.45, 7) is -2.18. The van der Waals surface area contributed by atoms with Crippen LogP contribution < -0.4 is 5.32 Å². The minimum absolute atomic E-state index is 0.319. The zero-order valence-corrected chi connectivity index (χ0v) is 44.4. The Morgan fingerprint density at radius 2 is 0.493 bits per heavy atom. The Kier molecular flexibility index (Phi) is 15.7. The van der Waals surface area contributed by atoms with Gasteiger partial charge in [0.25, 0.3) is 0 Å². The molecule has 2 unspecified atom stereocenters. The molecule has 5 aromatic carbocycles. The van der Waals surface area contributed by atoms with Crippen LogP contribution >= 0.6 is 39.1 Å². The molecule has 75 heavy (non-hydrogen) atoms. The van der Waals surface area contributed by atoms with Crippen LogP contribution in [0.2, 0.25) is 0 Å². The summed E-state index contributed by atoms with van der Waals surface area (Å²) in [5.41, 5.74) is 5.85. The second-order valence-corrected chi connectivity index (χ2v) is 26.0. The van der Waals surface area contributed by atoms with Gasteiger partial charge in [0.2, 0.25) is 5.91 Å². The summed E-state index contributed by atoms with van der Waals surface area (Å²) in [7, 11) is -24.9. The topological polar surface area (TPSA) is 253 Å². The fourth-order valence-corrected chi connectivity index (χ4v) is 15.7. The molecular weight excluding hydrogens is 1080 g/mol. The van der Waals surface area contributed by atoms with Crippen molar-refractivity contribution >= 4 is 45.0 Å². The second kappa shape index (κ2) is 22.1. The molecule has 0 radical (unpaired) electrons. The quantitative estimate of drug-likeness (QED) is 0.121. The zero-order valence-electron chi connectivity index (χ0n) is 39.9. The van der Waals surface area contributed by atoms with E-state index in [1.165, 1.54) is 0 Å². The molecule has 5 aromatic rings. The van der Waals surface area contributed by atoms with E-state index in [2.05, 4.69) is 5.32 Å². The Bertz CT molecular complexity index is 2880. The molecule has 27 heteroatoms. The van der Waals surface area contributed by atoms with Gasteiger partial charge in [0.05, 0.1) is 72.1 Å². The highest BCUT2D eigenvalue weighted by Gasteiger charge is 2.64. The summed E-state index contributed by atoms with van der Waals surface area (Å²) in [5.74, 6) is -0.824. The molecule has 0 bridgehead atoms. The molecule has 1 fully saturated rings. The van der Waals surface area contributed by atoms with Crippen LogP contribution in [0.25, 0.3) is 0 Å². The van der Waals surface area contributed by atoms with Gasteiger partial charge in [-0.2, -0.15) is 0 Å². The van der Waals surface area contributed by atoms with Crippen molar-refractivity contribution in [3.63, 3.8) is 0 Å². The summed E-state index contributed by atoms with van der Waals surface area (Å²) < 4.78 is 168. The van der Waals surface area contributed by atoms with E-state index in [0.29, 0.717) is 55.6 Å². The lowest BCUT2D eigenvalue weighted by molar-refractivity contribution is -0.181. The van der Waals surface area contributed by atoms with E-state index < -0.39 is 81.6 Å². The normalized spacial score (nSPS) is 27.3. The highest BCUT2D eigenvalue weighted by Crippen LogP contribution is 2.65. The van der Waals surface area contributed by atoms with Crippen molar-refractivity contribution in [1.82, 2.24) is 5.32 Å². The molecule has 5 aliphatic heterocycles. The highest BCUT2D eigenvalue weighted by molar-refractivity contribution is 7.49. The van der Waals surface area contributed by atoms with Crippen molar-refractivity contribution in [2.45, 2.75) is 110 Å². The predicted octanol–water partition coefficient (Wildman–Crippen LogP) is 10.7. The SMILES string of the molecule is CC(=O)NC1[C@@H](OP2(=O)OCc3ccccc3CO2)[C@H](OP2(=O)OCc3ccccc3CO2)C(OP2(=O)OCc3ccccc3CO2)[C@H](OP2(=O)OCc3ccccc3CO2)[C@@H]1OP1(=O)OCc2ccccc2CO1. The molecular formula is C48H50NO21P5. The number of hydrogen-bond donors (Lipinski definition) is 1. The van der Waals surface area contributed by atoms with Crippen LogP contribution in [0.4, 0.5) is 0 Å². The fourth-order valence-electron chi connectivity index (χ4n) is 9.08. The van der Waals surface area contributed by atoms with Crippen LogP contribution in [-0.2, 0) is 162 Å². The zero-order chi connectivity index (χ0) is 51.8. The van der Waals surface area contributed by atoms with Crippen LogP contribution in [-0.4, -0.2) is 42.5 Å². The monoisotopic (exact) mass is 1130 g/mol. The van der Waals surface area contributed by atoms with E-state index in [-0.39, 0.29) is 66.1 Å².